The third kappa shape index (κ3) is 6.79. The molecule has 6 heteroatoms. The molecule has 23 heavy (non-hydrogen) atoms. The zero-order chi connectivity index (χ0) is 15.8. The van der Waals surface area contributed by atoms with Crippen molar-refractivity contribution in [1.29, 1.82) is 0 Å². The highest BCUT2D eigenvalue weighted by Crippen LogP contribution is 2.36. The minimum Gasteiger partial charge on any atom is -0.497 e. The van der Waals surface area contributed by atoms with Gasteiger partial charge in [0.1, 0.15) is 5.75 Å². The Hall–Kier alpha value is -0.630. The fraction of sp³-hybridized carbons (Fsp3) is 0.588. The van der Waals surface area contributed by atoms with Gasteiger partial charge in [-0.3, -0.25) is 0 Å². The number of nitrogens with one attached hydrogen (secondary N) is 2. The number of hydrogen-bond acceptors (Lipinski definition) is 3. The lowest BCUT2D eigenvalue weighted by atomic mass is 10.1. The van der Waals surface area contributed by atoms with Gasteiger partial charge in [0.15, 0.2) is 5.96 Å². The molecule has 1 saturated heterocycles. The fourth-order valence-corrected chi connectivity index (χ4v) is 3.73. The molecule has 1 atom stereocenters. The minimum absolute atomic E-state index is 0. The van der Waals surface area contributed by atoms with Crippen LogP contribution in [0.5, 0.6) is 5.75 Å². The third-order valence-corrected chi connectivity index (χ3v) is 5.39. The van der Waals surface area contributed by atoms with Crippen LogP contribution in [0.1, 0.15) is 32.3 Å². The Morgan fingerprint density at radius 3 is 2.61 bits per heavy atom. The lowest BCUT2D eigenvalue weighted by molar-refractivity contribution is 0.414. The number of halogens is 1. The maximum Gasteiger partial charge on any atom is 0.191 e. The number of nitrogens with zero attached hydrogens (tertiary/aromatic N) is 1. The molecule has 130 valence electrons. The second-order valence-electron chi connectivity index (χ2n) is 5.80. The molecular formula is C17H28IN3OS. The Balaban J connectivity index is 0.00000264. The van der Waals surface area contributed by atoms with Crippen molar-refractivity contribution in [2.24, 2.45) is 4.99 Å². The third-order valence-electron chi connectivity index (χ3n) is 3.85. The van der Waals surface area contributed by atoms with Crippen molar-refractivity contribution in [1.82, 2.24) is 10.6 Å². The van der Waals surface area contributed by atoms with Crippen molar-refractivity contribution >= 4 is 41.7 Å². The molecular weight excluding hydrogens is 421 g/mol. The first kappa shape index (κ1) is 20.4. The number of guanidine groups is 1. The standard InChI is InChI=1S/C17H27N3OS.HI/c1-4-18-16(20-13-17(2)10-5-11-22-17)19-12-14-6-8-15(21-3)9-7-14;/h6-9H,4-5,10-13H2,1-3H3,(H2,18,19,20);1H. The van der Waals surface area contributed by atoms with Gasteiger partial charge in [-0.1, -0.05) is 12.1 Å². The lowest BCUT2D eigenvalue weighted by Crippen LogP contribution is -2.43. The summed E-state index contributed by atoms with van der Waals surface area (Å²) < 4.78 is 5.52. The van der Waals surface area contributed by atoms with Crippen LogP contribution in [0.4, 0.5) is 0 Å². The number of aliphatic imine (C=N–C) groups is 1. The summed E-state index contributed by atoms with van der Waals surface area (Å²) >= 11 is 2.06. The van der Waals surface area contributed by atoms with E-state index < -0.39 is 0 Å². The Bertz CT molecular complexity index is 487. The van der Waals surface area contributed by atoms with E-state index in [1.165, 1.54) is 24.2 Å². The van der Waals surface area contributed by atoms with Gasteiger partial charge in [0, 0.05) is 17.8 Å². The molecule has 1 aromatic rings. The molecule has 4 nitrogen and oxygen atoms in total. The van der Waals surface area contributed by atoms with E-state index in [4.69, 9.17) is 4.74 Å². The highest BCUT2D eigenvalue weighted by Gasteiger charge is 2.29. The van der Waals surface area contributed by atoms with Gasteiger partial charge in [0.05, 0.1) is 13.7 Å². The van der Waals surface area contributed by atoms with Gasteiger partial charge < -0.3 is 15.4 Å². The van der Waals surface area contributed by atoms with E-state index in [9.17, 15) is 0 Å². The molecule has 1 heterocycles. The van der Waals surface area contributed by atoms with Crippen molar-refractivity contribution in [2.75, 3.05) is 26.0 Å². The fourth-order valence-electron chi connectivity index (χ4n) is 2.49. The number of hydrogen-bond donors (Lipinski definition) is 2. The van der Waals surface area contributed by atoms with Crippen LogP contribution in [0.25, 0.3) is 0 Å². The number of benzene rings is 1. The summed E-state index contributed by atoms with van der Waals surface area (Å²) in [5, 5.41) is 6.81. The molecule has 0 saturated carbocycles. The SMILES string of the molecule is CCNC(=NCc1ccc(OC)cc1)NCC1(C)CCCS1.I. The van der Waals surface area contributed by atoms with E-state index >= 15 is 0 Å². The van der Waals surface area contributed by atoms with Crippen molar-refractivity contribution in [3.8, 4) is 5.75 Å². The van der Waals surface area contributed by atoms with Gasteiger partial charge in [-0.05, 0) is 50.1 Å². The summed E-state index contributed by atoms with van der Waals surface area (Å²) in [5.41, 5.74) is 1.18. The molecule has 0 radical (unpaired) electrons. The molecule has 2 N–H and O–H groups in total. The van der Waals surface area contributed by atoms with Crippen LogP contribution in [-0.2, 0) is 6.54 Å². The molecule has 0 amide bonds. The van der Waals surface area contributed by atoms with Crippen LogP contribution in [-0.4, -0.2) is 36.7 Å². The van der Waals surface area contributed by atoms with Crippen LogP contribution in [0.2, 0.25) is 0 Å². The maximum absolute atomic E-state index is 5.18. The molecule has 0 aromatic heterocycles. The van der Waals surface area contributed by atoms with E-state index in [2.05, 4.69) is 53.4 Å². The van der Waals surface area contributed by atoms with Crippen LogP contribution in [0.15, 0.2) is 29.3 Å². The average molecular weight is 449 g/mol. The number of rotatable bonds is 6. The summed E-state index contributed by atoms with van der Waals surface area (Å²) in [5.74, 6) is 3.05. The van der Waals surface area contributed by atoms with Crippen molar-refractivity contribution < 1.29 is 4.74 Å². The highest BCUT2D eigenvalue weighted by molar-refractivity contribution is 14.0. The van der Waals surface area contributed by atoms with Crippen LogP contribution < -0.4 is 15.4 Å². The molecule has 2 rings (SSSR count). The molecule has 1 fully saturated rings. The normalized spacial score (nSPS) is 20.7. The van der Waals surface area contributed by atoms with E-state index in [0.717, 1.165) is 24.8 Å². The number of thioether (sulfide) groups is 1. The molecule has 1 aliphatic rings. The second-order valence-corrected chi connectivity index (χ2v) is 7.48. The van der Waals surface area contributed by atoms with Gasteiger partial charge in [0.25, 0.3) is 0 Å². The lowest BCUT2D eigenvalue weighted by Gasteiger charge is -2.24. The van der Waals surface area contributed by atoms with E-state index in [0.29, 0.717) is 11.3 Å². The Morgan fingerprint density at radius 2 is 2.04 bits per heavy atom. The first-order chi connectivity index (χ1) is 10.6. The van der Waals surface area contributed by atoms with Crippen molar-refractivity contribution in [2.45, 2.75) is 38.0 Å². The monoisotopic (exact) mass is 449 g/mol. The van der Waals surface area contributed by atoms with Gasteiger partial charge in [0.2, 0.25) is 0 Å². The minimum atomic E-state index is 0. The van der Waals surface area contributed by atoms with Crippen LogP contribution in [0, 0.1) is 0 Å². The van der Waals surface area contributed by atoms with E-state index in [1.807, 2.05) is 12.1 Å². The zero-order valence-electron chi connectivity index (χ0n) is 14.2. The predicted octanol–water partition coefficient (Wildman–Crippen LogP) is 3.65. The second kappa shape index (κ2) is 10.3. The first-order valence-corrected chi connectivity index (χ1v) is 8.93. The van der Waals surface area contributed by atoms with Crippen molar-refractivity contribution in [3.05, 3.63) is 29.8 Å². The quantitative estimate of drug-likeness (QED) is 0.396. The summed E-state index contributed by atoms with van der Waals surface area (Å²) in [6.07, 6.45) is 2.60. The zero-order valence-corrected chi connectivity index (χ0v) is 17.4. The van der Waals surface area contributed by atoms with E-state index in [1.54, 1.807) is 7.11 Å². The van der Waals surface area contributed by atoms with Gasteiger partial charge in [-0.15, -0.1) is 24.0 Å². The Labute approximate surface area is 161 Å². The van der Waals surface area contributed by atoms with Gasteiger partial charge in [-0.2, -0.15) is 11.8 Å². The molecule has 0 bridgehead atoms. The largest absolute Gasteiger partial charge is 0.497 e. The maximum atomic E-state index is 5.18. The topological polar surface area (TPSA) is 45.7 Å². The Morgan fingerprint density at radius 1 is 1.30 bits per heavy atom. The highest BCUT2D eigenvalue weighted by atomic mass is 127. The average Bonchev–Trinajstić information content (AvgIpc) is 2.98. The summed E-state index contributed by atoms with van der Waals surface area (Å²) in [7, 11) is 1.68. The summed E-state index contributed by atoms with van der Waals surface area (Å²) in [4.78, 5) is 4.68. The molecule has 1 aliphatic heterocycles. The van der Waals surface area contributed by atoms with Gasteiger partial charge in [-0.25, -0.2) is 4.99 Å². The number of ether oxygens (including phenoxy) is 1. The molecule has 0 spiro atoms. The summed E-state index contributed by atoms with van der Waals surface area (Å²) in [6.45, 7) is 6.94. The molecule has 0 aliphatic carbocycles. The number of methoxy groups -OCH3 is 1. The summed E-state index contributed by atoms with van der Waals surface area (Å²) in [6, 6.07) is 8.06. The molecule has 1 aromatic carbocycles. The van der Waals surface area contributed by atoms with Crippen molar-refractivity contribution in [3.63, 3.8) is 0 Å². The van der Waals surface area contributed by atoms with Crippen LogP contribution in [0.3, 0.4) is 0 Å². The van der Waals surface area contributed by atoms with Crippen LogP contribution >= 0.6 is 35.7 Å². The molecule has 1 unspecified atom stereocenters. The van der Waals surface area contributed by atoms with E-state index in [-0.39, 0.29) is 24.0 Å². The smallest absolute Gasteiger partial charge is 0.191 e. The first-order valence-electron chi connectivity index (χ1n) is 7.94. The Kier molecular flexibility index (Phi) is 9.12. The predicted molar refractivity (Wildman–Crippen MR) is 111 cm³/mol. The van der Waals surface area contributed by atoms with Gasteiger partial charge >= 0.3 is 0 Å².